The van der Waals surface area contributed by atoms with Crippen LogP contribution in [0.1, 0.15) is 62.1 Å². The largest absolute Gasteiger partial charge is 0.450 e. The summed E-state index contributed by atoms with van der Waals surface area (Å²) in [6, 6.07) is 15.9. The lowest BCUT2D eigenvalue weighted by molar-refractivity contribution is 0.0237. The minimum absolute atomic E-state index is 0.159. The van der Waals surface area contributed by atoms with Gasteiger partial charge in [0.05, 0.1) is 11.5 Å². The van der Waals surface area contributed by atoms with Gasteiger partial charge in [-0.15, -0.1) is 0 Å². The Morgan fingerprint density at radius 2 is 1.69 bits per heavy atom. The molecule has 2 unspecified atom stereocenters. The van der Waals surface area contributed by atoms with Gasteiger partial charge in [0.1, 0.15) is 0 Å². The fraction of sp³-hybridized carbons (Fsp3) is 0.533. The number of amides is 1. The maximum atomic E-state index is 13.8. The second-order valence-corrected chi connectivity index (χ2v) is 13.5. The van der Waals surface area contributed by atoms with E-state index in [1.807, 2.05) is 17.9 Å². The summed E-state index contributed by atoms with van der Waals surface area (Å²) in [5, 5.41) is 7.43. The average molecular weight is 551 g/mol. The van der Waals surface area contributed by atoms with Crippen molar-refractivity contribution in [3.8, 4) is 0 Å². The SMILES string of the molecule is CCOC(=O)N1C2CCC1CC(N1CCC3(CC1)CN(S(=O)(=O)c1ccc(C=N)cc1)Cc1ccccc13)C2. The number of hydrogen-bond donors (Lipinski definition) is 1. The highest BCUT2D eigenvalue weighted by molar-refractivity contribution is 7.89. The van der Waals surface area contributed by atoms with Gasteiger partial charge in [-0.05, 0) is 87.4 Å². The van der Waals surface area contributed by atoms with Gasteiger partial charge in [-0.2, -0.15) is 4.31 Å². The van der Waals surface area contributed by atoms with Gasteiger partial charge in [0.25, 0.3) is 0 Å². The normalized spacial score (nSPS) is 26.8. The minimum Gasteiger partial charge on any atom is -0.450 e. The molecule has 4 aliphatic rings. The van der Waals surface area contributed by atoms with Crippen LogP contribution in [0.2, 0.25) is 0 Å². The highest BCUT2D eigenvalue weighted by Crippen LogP contribution is 2.45. The zero-order chi connectivity index (χ0) is 27.2. The number of likely N-dealkylation sites (tertiary alicyclic amines) is 1. The minimum atomic E-state index is -3.67. The van der Waals surface area contributed by atoms with Crippen LogP contribution in [0.5, 0.6) is 0 Å². The van der Waals surface area contributed by atoms with Crippen molar-refractivity contribution in [3.63, 3.8) is 0 Å². The molecule has 0 radical (unpaired) electrons. The Labute approximate surface area is 231 Å². The van der Waals surface area contributed by atoms with Gasteiger partial charge in [-0.25, -0.2) is 13.2 Å². The molecule has 8 nitrogen and oxygen atoms in total. The molecule has 1 amide bonds. The second kappa shape index (κ2) is 10.3. The Morgan fingerprint density at radius 3 is 2.33 bits per heavy atom. The van der Waals surface area contributed by atoms with Crippen LogP contribution in [0.25, 0.3) is 0 Å². The molecule has 3 fully saturated rings. The Kier molecular flexibility index (Phi) is 7.02. The van der Waals surface area contributed by atoms with Gasteiger partial charge < -0.3 is 19.9 Å². The number of carbonyl (C=O) groups is 1. The summed E-state index contributed by atoms with van der Waals surface area (Å²) < 4.78 is 34.5. The summed E-state index contributed by atoms with van der Waals surface area (Å²) in [6.45, 7) is 5.00. The smallest absolute Gasteiger partial charge is 0.410 e. The molecule has 0 aromatic heterocycles. The predicted octanol–water partition coefficient (Wildman–Crippen LogP) is 4.37. The number of piperidine rings is 2. The molecular formula is C30H38N4O4S. The molecule has 2 bridgehead atoms. The third-order valence-corrected chi connectivity index (χ3v) is 11.4. The standard InChI is InChI=1S/C30H38N4O4S/c1-2-38-29(35)34-24-9-10-25(34)18-26(17-24)32-15-13-30(14-16-32)21-33(20-23-5-3-4-6-28(23)30)39(36,37)27-11-7-22(19-31)8-12-27/h3-8,11-12,19,24-26,31H,2,9-10,13-18,20-21H2,1H3. The van der Waals surface area contributed by atoms with Crippen molar-refractivity contribution >= 4 is 22.3 Å². The molecule has 39 heavy (non-hydrogen) atoms. The van der Waals surface area contributed by atoms with Crippen LogP contribution in [0.4, 0.5) is 4.79 Å². The van der Waals surface area contributed by atoms with E-state index in [-0.39, 0.29) is 28.5 Å². The highest BCUT2D eigenvalue weighted by atomic mass is 32.2. The number of nitrogens with zero attached hydrogens (tertiary/aromatic N) is 3. The van der Waals surface area contributed by atoms with Gasteiger partial charge in [-0.1, -0.05) is 36.4 Å². The highest BCUT2D eigenvalue weighted by Gasteiger charge is 2.49. The molecule has 1 spiro atoms. The first-order valence-electron chi connectivity index (χ1n) is 14.2. The molecule has 208 valence electrons. The first-order chi connectivity index (χ1) is 18.8. The van der Waals surface area contributed by atoms with E-state index in [2.05, 4.69) is 23.1 Å². The van der Waals surface area contributed by atoms with E-state index in [0.717, 1.165) is 57.2 Å². The molecule has 6 rings (SSSR count). The van der Waals surface area contributed by atoms with E-state index < -0.39 is 10.0 Å². The molecule has 9 heteroatoms. The Morgan fingerprint density at radius 1 is 1.03 bits per heavy atom. The number of sulfonamides is 1. The number of fused-ring (bicyclic) bond motifs is 4. The van der Waals surface area contributed by atoms with Crippen molar-refractivity contribution in [1.29, 1.82) is 5.41 Å². The summed E-state index contributed by atoms with van der Waals surface area (Å²) in [6.07, 6.45) is 6.98. The Bertz CT molecular complexity index is 1320. The molecule has 3 saturated heterocycles. The second-order valence-electron chi connectivity index (χ2n) is 11.6. The molecule has 1 N–H and O–H groups in total. The summed E-state index contributed by atoms with van der Waals surface area (Å²) >= 11 is 0. The molecule has 2 atom stereocenters. The Balaban J connectivity index is 1.20. The first-order valence-corrected chi connectivity index (χ1v) is 15.7. The van der Waals surface area contributed by atoms with E-state index in [0.29, 0.717) is 31.3 Å². The number of nitrogens with one attached hydrogen (secondary N) is 1. The van der Waals surface area contributed by atoms with Gasteiger partial charge in [0.2, 0.25) is 10.0 Å². The van der Waals surface area contributed by atoms with Crippen LogP contribution in [0, 0.1) is 5.41 Å². The predicted molar refractivity (Wildman–Crippen MR) is 150 cm³/mol. The zero-order valence-corrected chi connectivity index (χ0v) is 23.4. The molecule has 0 saturated carbocycles. The lowest BCUT2D eigenvalue weighted by atomic mass is 9.69. The molecule has 2 aromatic carbocycles. The quantitative estimate of drug-likeness (QED) is 0.558. The lowest BCUT2D eigenvalue weighted by Gasteiger charge is -2.51. The van der Waals surface area contributed by atoms with Crippen LogP contribution in [-0.2, 0) is 26.7 Å². The van der Waals surface area contributed by atoms with Crippen LogP contribution >= 0.6 is 0 Å². The molecule has 0 aliphatic carbocycles. The van der Waals surface area contributed by atoms with Gasteiger partial charge in [0, 0.05) is 42.8 Å². The summed E-state index contributed by atoms with van der Waals surface area (Å²) in [4.78, 5) is 17.4. The van der Waals surface area contributed by atoms with E-state index in [4.69, 9.17) is 10.1 Å². The fourth-order valence-electron chi connectivity index (χ4n) is 7.59. The fourth-order valence-corrected chi connectivity index (χ4v) is 9.09. The van der Waals surface area contributed by atoms with Crippen LogP contribution in [-0.4, -0.2) is 79.2 Å². The van der Waals surface area contributed by atoms with Crippen LogP contribution in [0.3, 0.4) is 0 Å². The van der Waals surface area contributed by atoms with Crippen molar-refractivity contribution in [2.45, 2.75) is 80.4 Å². The third-order valence-electron chi connectivity index (χ3n) is 9.56. The first kappa shape index (κ1) is 26.5. The Hall–Kier alpha value is -2.75. The third kappa shape index (κ3) is 4.68. The molecular weight excluding hydrogens is 512 g/mol. The molecule has 4 heterocycles. The number of hydrogen-bond acceptors (Lipinski definition) is 6. The maximum absolute atomic E-state index is 13.8. The maximum Gasteiger partial charge on any atom is 0.410 e. The van der Waals surface area contributed by atoms with Crippen molar-refractivity contribution in [1.82, 2.24) is 14.1 Å². The average Bonchev–Trinajstić information content (AvgIpc) is 3.23. The topological polar surface area (TPSA) is 94.0 Å². The van der Waals surface area contributed by atoms with Gasteiger partial charge in [-0.3, -0.25) is 0 Å². The summed E-state index contributed by atoms with van der Waals surface area (Å²) in [7, 11) is -3.67. The monoisotopic (exact) mass is 550 g/mol. The van der Waals surface area contributed by atoms with E-state index in [1.54, 1.807) is 28.6 Å². The van der Waals surface area contributed by atoms with Crippen LogP contribution in [0.15, 0.2) is 53.4 Å². The van der Waals surface area contributed by atoms with Crippen molar-refractivity contribution in [2.75, 3.05) is 26.2 Å². The van der Waals surface area contributed by atoms with Gasteiger partial charge >= 0.3 is 6.09 Å². The van der Waals surface area contributed by atoms with Crippen molar-refractivity contribution < 1.29 is 17.9 Å². The van der Waals surface area contributed by atoms with E-state index in [1.165, 1.54) is 11.8 Å². The van der Waals surface area contributed by atoms with E-state index >= 15 is 0 Å². The van der Waals surface area contributed by atoms with E-state index in [9.17, 15) is 13.2 Å². The molecule has 2 aromatic rings. The van der Waals surface area contributed by atoms with Crippen LogP contribution < -0.4 is 0 Å². The number of benzene rings is 2. The summed E-state index contributed by atoms with van der Waals surface area (Å²) in [5.41, 5.74) is 2.87. The number of rotatable bonds is 5. The zero-order valence-electron chi connectivity index (χ0n) is 22.6. The van der Waals surface area contributed by atoms with Crippen molar-refractivity contribution in [2.24, 2.45) is 0 Å². The lowest BCUT2D eigenvalue weighted by Crippen LogP contribution is -2.57. The number of carbonyl (C=O) groups excluding carboxylic acids is 1. The van der Waals surface area contributed by atoms with Gasteiger partial charge in [0.15, 0.2) is 0 Å². The van der Waals surface area contributed by atoms with Crippen molar-refractivity contribution in [3.05, 3.63) is 65.2 Å². The number of ether oxygens (including phenoxy) is 1. The molecule has 4 aliphatic heterocycles. The summed E-state index contributed by atoms with van der Waals surface area (Å²) in [5.74, 6) is 0.